The summed E-state index contributed by atoms with van der Waals surface area (Å²) in [6.45, 7) is 8.17. The second-order valence-electron chi connectivity index (χ2n) is 9.90. The summed E-state index contributed by atoms with van der Waals surface area (Å²) >= 11 is 0. The van der Waals surface area contributed by atoms with Gasteiger partial charge in [0.15, 0.2) is 5.82 Å². The Morgan fingerprint density at radius 3 is 2.39 bits per heavy atom. The summed E-state index contributed by atoms with van der Waals surface area (Å²) in [5.41, 5.74) is 2.88. The number of hydrogen-bond acceptors (Lipinski definition) is 4. The smallest absolute Gasteiger partial charge is 0.270 e. The molecule has 6 heteroatoms. The topological polar surface area (TPSA) is 64.3 Å². The lowest BCUT2D eigenvalue weighted by molar-refractivity contribution is 0.0641. The van der Waals surface area contributed by atoms with E-state index in [1.54, 1.807) is 0 Å². The van der Waals surface area contributed by atoms with E-state index in [1.807, 2.05) is 47.5 Å². The molecule has 0 atom stereocenters. The number of piperidine rings is 2. The SMILES string of the molecule is CC(C)Nc1cccnc1N1CCC(C2CCN(C(=O)c3cc4ccccc4[nH]3)CC2)CC1. The second kappa shape index (κ2) is 9.46. The molecular weight excluding hydrogens is 410 g/mol. The van der Waals surface area contributed by atoms with Crippen molar-refractivity contribution in [2.45, 2.75) is 45.6 Å². The number of nitrogens with zero attached hydrogens (tertiary/aromatic N) is 3. The standard InChI is InChI=1S/C27H35N5O/c1-19(2)29-24-8-5-13-28-26(24)31-14-9-20(10-15-31)21-11-16-32(17-12-21)27(33)25-18-22-6-3-4-7-23(22)30-25/h3-8,13,18-21,29-30H,9-12,14-17H2,1-2H3. The van der Waals surface area contributed by atoms with Crippen LogP contribution in [-0.4, -0.2) is 53.0 Å². The third-order valence-electron chi connectivity index (χ3n) is 7.32. The van der Waals surface area contributed by atoms with Gasteiger partial charge in [-0.05, 0) is 75.6 Å². The zero-order chi connectivity index (χ0) is 22.8. The number of nitrogens with one attached hydrogen (secondary N) is 2. The van der Waals surface area contributed by atoms with Crippen LogP contribution in [0.4, 0.5) is 11.5 Å². The summed E-state index contributed by atoms with van der Waals surface area (Å²) in [6.07, 6.45) is 6.53. The molecule has 174 valence electrons. The molecule has 0 unspecified atom stereocenters. The molecule has 3 aromatic rings. The van der Waals surface area contributed by atoms with Gasteiger partial charge in [-0.1, -0.05) is 18.2 Å². The van der Waals surface area contributed by atoms with Gasteiger partial charge in [-0.3, -0.25) is 4.79 Å². The number of amides is 1. The van der Waals surface area contributed by atoms with Crippen LogP contribution in [0.25, 0.3) is 10.9 Å². The van der Waals surface area contributed by atoms with Gasteiger partial charge in [0, 0.05) is 49.3 Å². The number of carbonyl (C=O) groups excluding carboxylic acids is 1. The van der Waals surface area contributed by atoms with Crippen molar-refractivity contribution in [2.24, 2.45) is 11.8 Å². The lowest BCUT2D eigenvalue weighted by Crippen LogP contribution is -2.43. The molecule has 1 aromatic carbocycles. The van der Waals surface area contributed by atoms with Gasteiger partial charge in [0.2, 0.25) is 0 Å². The Kier molecular flexibility index (Phi) is 6.25. The summed E-state index contributed by atoms with van der Waals surface area (Å²) in [6, 6.07) is 14.6. The first-order valence-electron chi connectivity index (χ1n) is 12.4. The molecule has 5 rings (SSSR count). The van der Waals surface area contributed by atoms with E-state index >= 15 is 0 Å². The molecule has 0 bridgehead atoms. The summed E-state index contributed by atoms with van der Waals surface area (Å²) in [5, 5.41) is 4.64. The first kappa shape index (κ1) is 21.8. The monoisotopic (exact) mass is 445 g/mol. The molecule has 2 aliphatic heterocycles. The molecule has 0 saturated carbocycles. The molecule has 33 heavy (non-hydrogen) atoms. The molecule has 4 heterocycles. The fourth-order valence-corrected chi connectivity index (χ4v) is 5.59. The summed E-state index contributed by atoms with van der Waals surface area (Å²) in [7, 11) is 0. The van der Waals surface area contributed by atoms with Crippen molar-refractivity contribution in [3.63, 3.8) is 0 Å². The fraction of sp³-hybridized carbons (Fsp3) is 0.481. The Labute approximate surface area is 196 Å². The van der Waals surface area contributed by atoms with E-state index in [-0.39, 0.29) is 5.91 Å². The van der Waals surface area contributed by atoms with Crippen LogP contribution in [0.2, 0.25) is 0 Å². The van der Waals surface area contributed by atoms with Crippen molar-refractivity contribution < 1.29 is 4.79 Å². The van der Waals surface area contributed by atoms with Crippen LogP contribution < -0.4 is 10.2 Å². The minimum atomic E-state index is 0.139. The largest absolute Gasteiger partial charge is 0.380 e. The number of fused-ring (bicyclic) bond motifs is 1. The molecule has 0 radical (unpaired) electrons. The average molecular weight is 446 g/mol. The van der Waals surface area contributed by atoms with Crippen molar-refractivity contribution in [3.8, 4) is 0 Å². The Morgan fingerprint density at radius 1 is 1.00 bits per heavy atom. The number of aromatic nitrogens is 2. The molecular formula is C27H35N5O. The zero-order valence-electron chi connectivity index (χ0n) is 19.8. The van der Waals surface area contributed by atoms with Gasteiger partial charge in [0.25, 0.3) is 5.91 Å². The fourth-order valence-electron chi connectivity index (χ4n) is 5.59. The van der Waals surface area contributed by atoms with Crippen molar-refractivity contribution in [3.05, 3.63) is 54.4 Å². The third kappa shape index (κ3) is 4.70. The predicted molar refractivity (Wildman–Crippen MR) is 135 cm³/mol. The molecule has 0 aliphatic carbocycles. The minimum Gasteiger partial charge on any atom is -0.380 e. The van der Waals surface area contributed by atoms with Crippen molar-refractivity contribution >= 4 is 28.3 Å². The van der Waals surface area contributed by atoms with Gasteiger partial charge in [0.05, 0.1) is 5.69 Å². The highest BCUT2D eigenvalue weighted by molar-refractivity contribution is 5.98. The van der Waals surface area contributed by atoms with Gasteiger partial charge in [-0.15, -0.1) is 0 Å². The number of para-hydroxylation sites is 1. The molecule has 2 aromatic heterocycles. The van der Waals surface area contributed by atoms with Gasteiger partial charge in [-0.2, -0.15) is 0 Å². The van der Waals surface area contributed by atoms with Gasteiger partial charge in [0.1, 0.15) is 5.69 Å². The van der Waals surface area contributed by atoms with Crippen molar-refractivity contribution in [1.82, 2.24) is 14.9 Å². The van der Waals surface area contributed by atoms with Crippen molar-refractivity contribution in [1.29, 1.82) is 0 Å². The Bertz CT molecular complexity index is 1060. The van der Waals surface area contributed by atoms with Crippen LogP contribution in [0.3, 0.4) is 0 Å². The van der Waals surface area contributed by atoms with E-state index in [0.717, 1.165) is 73.3 Å². The summed E-state index contributed by atoms with van der Waals surface area (Å²) in [4.78, 5) is 25.5. The Morgan fingerprint density at radius 2 is 1.70 bits per heavy atom. The third-order valence-corrected chi connectivity index (χ3v) is 7.32. The first-order valence-corrected chi connectivity index (χ1v) is 12.4. The van der Waals surface area contributed by atoms with E-state index in [9.17, 15) is 4.79 Å². The molecule has 2 N–H and O–H groups in total. The van der Waals surface area contributed by atoms with E-state index in [2.05, 4.69) is 40.1 Å². The summed E-state index contributed by atoms with van der Waals surface area (Å²) < 4.78 is 0. The number of pyridine rings is 1. The number of H-pyrrole nitrogens is 1. The molecule has 2 fully saturated rings. The maximum Gasteiger partial charge on any atom is 0.270 e. The first-order chi connectivity index (χ1) is 16.1. The number of aromatic amines is 1. The lowest BCUT2D eigenvalue weighted by Gasteiger charge is -2.40. The van der Waals surface area contributed by atoms with E-state index in [0.29, 0.717) is 11.7 Å². The second-order valence-corrected chi connectivity index (χ2v) is 9.90. The molecule has 2 aliphatic rings. The highest BCUT2D eigenvalue weighted by Crippen LogP contribution is 2.35. The zero-order valence-corrected chi connectivity index (χ0v) is 19.8. The van der Waals surface area contributed by atoms with Gasteiger partial charge in [-0.25, -0.2) is 4.98 Å². The Hall–Kier alpha value is -3.02. The minimum absolute atomic E-state index is 0.139. The molecule has 6 nitrogen and oxygen atoms in total. The van der Waals surface area contributed by atoms with E-state index < -0.39 is 0 Å². The van der Waals surface area contributed by atoms with Crippen molar-refractivity contribution in [2.75, 3.05) is 36.4 Å². The summed E-state index contributed by atoms with van der Waals surface area (Å²) in [5.74, 6) is 2.69. The van der Waals surface area contributed by atoms with Gasteiger partial charge >= 0.3 is 0 Å². The lowest BCUT2D eigenvalue weighted by atomic mass is 9.78. The quantitative estimate of drug-likeness (QED) is 0.570. The number of anilines is 2. The normalized spacial score (nSPS) is 18.3. The average Bonchev–Trinajstić information content (AvgIpc) is 3.28. The number of rotatable bonds is 5. The van der Waals surface area contributed by atoms with Crippen LogP contribution in [-0.2, 0) is 0 Å². The van der Waals surface area contributed by atoms with Crippen LogP contribution in [0.15, 0.2) is 48.7 Å². The predicted octanol–water partition coefficient (Wildman–Crippen LogP) is 5.15. The Balaban J connectivity index is 1.15. The maximum atomic E-state index is 13.0. The van der Waals surface area contributed by atoms with E-state index in [1.165, 1.54) is 12.8 Å². The highest BCUT2D eigenvalue weighted by atomic mass is 16.2. The van der Waals surface area contributed by atoms with Gasteiger partial charge < -0.3 is 20.1 Å². The van der Waals surface area contributed by atoms with Crippen LogP contribution in [0.5, 0.6) is 0 Å². The molecule has 0 spiro atoms. The van der Waals surface area contributed by atoms with Crippen LogP contribution in [0.1, 0.15) is 50.0 Å². The number of carbonyl (C=O) groups is 1. The highest BCUT2D eigenvalue weighted by Gasteiger charge is 2.32. The van der Waals surface area contributed by atoms with Crippen LogP contribution in [0, 0.1) is 11.8 Å². The molecule has 1 amide bonds. The molecule has 2 saturated heterocycles. The number of benzene rings is 1. The number of likely N-dealkylation sites (tertiary alicyclic amines) is 1. The maximum absolute atomic E-state index is 13.0. The number of hydrogen-bond donors (Lipinski definition) is 2. The van der Waals surface area contributed by atoms with Crippen LogP contribution >= 0.6 is 0 Å². The van der Waals surface area contributed by atoms with E-state index in [4.69, 9.17) is 0 Å².